The first-order valence-electron chi connectivity index (χ1n) is 7.49. The monoisotopic (exact) mass is 290 g/mol. The van der Waals surface area contributed by atoms with Crippen LogP contribution in [0.4, 0.5) is 5.69 Å². The van der Waals surface area contributed by atoms with Crippen LogP contribution in [0.3, 0.4) is 0 Å². The Morgan fingerprint density at radius 3 is 2.62 bits per heavy atom. The molecular formula is C15H20N3O3+. The Morgan fingerprint density at radius 2 is 1.86 bits per heavy atom. The second-order valence-electron chi connectivity index (χ2n) is 6.13. The van der Waals surface area contributed by atoms with Gasteiger partial charge in [-0.3, -0.25) is 9.69 Å². The maximum Gasteiger partial charge on any atom is 0.279 e. The summed E-state index contributed by atoms with van der Waals surface area (Å²) >= 11 is 0. The number of ether oxygens (including phenoxy) is 2. The van der Waals surface area contributed by atoms with Crippen molar-refractivity contribution in [2.24, 2.45) is 0 Å². The van der Waals surface area contributed by atoms with E-state index in [1.807, 2.05) is 18.2 Å². The average Bonchev–Trinajstić information content (AvgIpc) is 2.96. The fourth-order valence-electron chi connectivity index (χ4n) is 3.45. The first-order valence-corrected chi connectivity index (χ1v) is 7.49. The van der Waals surface area contributed by atoms with Crippen molar-refractivity contribution in [3.63, 3.8) is 0 Å². The number of fused-ring (bicyclic) bond motifs is 4. The molecular weight excluding hydrogens is 270 g/mol. The zero-order valence-corrected chi connectivity index (χ0v) is 12.0. The Kier molecular flexibility index (Phi) is 3.01. The molecule has 112 valence electrons. The SMILES string of the molecule is O=C(C[N+]12CCN(CC1)CC2)Nc1ccc2c(c1)OCO2. The number of hydrogen-bond acceptors (Lipinski definition) is 4. The number of benzene rings is 1. The van der Waals surface area contributed by atoms with Crippen molar-refractivity contribution in [2.75, 3.05) is 57.9 Å². The number of amides is 1. The molecule has 1 amide bonds. The summed E-state index contributed by atoms with van der Waals surface area (Å²) in [7, 11) is 0. The van der Waals surface area contributed by atoms with Gasteiger partial charge < -0.3 is 19.3 Å². The first-order chi connectivity index (χ1) is 10.2. The van der Waals surface area contributed by atoms with Crippen molar-refractivity contribution in [2.45, 2.75) is 0 Å². The van der Waals surface area contributed by atoms with Crippen LogP contribution >= 0.6 is 0 Å². The van der Waals surface area contributed by atoms with Gasteiger partial charge in [-0.1, -0.05) is 0 Å². The highest BCUT2D eigenvalue weighted by molar-refractivity contribution is 5.92. The van der Waals surface area contributed by atoms with Gasteiger partial charge in [0.15, 0.2) is 18.0 Å². The summed E-state index contributed by atoms with van der Waals surface area (Å²) in [5.41, 5.74) is 0.776. The van der Waals surface area contributed by atoms with Gasteiger partial charge in [0.1, 0.15) is 0 Å². The molecule has 4 aliphatic rings. The molecule has 0 atom stereocenters. The molecule has 0 saturated carbocycles. The normalized spacial score (nSPS) is 29.4. The number of rotatable bonds is 3. The standard InChI is InChI=1S/C15H19N3O3/c19-15(10-18-6-3-17(4-7-18)5-8-18)16-12-1-2-13-14(9-12)21-11-20-13/h1-2,9H,3-8,10-11H2/p+1. The van der Waals surface area contributed by atoms with Gasteiger partial charge in [0.05, 0.1) is 19.6 Å². The molecule has 1 aromatic rings. The van der Waals surface area contributed by atoms with Crippen LogP contribution in [-0.4, -0.2) is 67.9 Å². The van der Waals surface area contributed by atoms with Crippen LogP contribution in [0.1, 0.15) is 0 Å². The van der Waals surface area contributed by atoms with Gasteiger partial charge in [-0.05, 0) is 12.1 Å². The van der Waals surface area contributed by atoms with Crippen LogP contribution in [0.25, 0.3) is 0 Å². The van der Waals surface area contributed by atoms with Gasteiger partial charge in [0, 0.05) is 31.4 Å². The lowest BCUT2D eigenvalue weighted by molar-refractivity contribution is -0.933. The van der Waals surface area contributed by atoms with Gasteiger partial charge in [-0.25, -0.2) is 0 Å². The van der Waals surface area contributed by atoms with E-state index in [4.69, 9.17) is 9.47 Å². The molecule has 6 heteroatoms. The molecule has 1 aromatic carbocycles. The van der Waals surface area contributed by atoms with E-state index in [0.717, 1.165) is 55.2 Å². The third-order valence-electron chi connectivity index (χ3n) is 4.81. The molecule has 0 spiro atoms. The van der Waals surface area contributed by atoms with Crippen LogP contribution in [-0.2, 0) is 4.79 Å². The third kappa shape index (κ3) is 2.45. The van der Waals surface area contributed by atoms with Gasteiger partial charge in [-0.15, -0.1) is 0 Å². The zero-order chi connectivity index (χ0) is 14.3. The minimum absolute atomic E-state index is 0.0872. The average molecular weight is 290 g/mol. The van der Waals surface area contributed by atoms with E-state index in [2.05, 4.69) is 10.2 Å². The van der Waals surface area contributed by atoms with Crippen molar-refractivity contribution < 1.29 is 18.8 Å². The third-order valence-corrected chi connectivity index (χ3v) is 4.81. The highest BCUT2D eigenvalue weighted by Crippen LogP contribution is 2.34. The number of nitrogens with one attached hydrogen (secondary N) is 1. The summed E-state index contributed by atoms with van der Waals surface area (Å²) in [4.78, 5) is 14.8. The molecule has 3 saturated heterocycles. The number of carbonyl (C=O) groups is 1. The number of carbonyl (C=O) groups excluding carboxylic acids is 1. The maximum atomic E-state index is 12.3. The maximum absolute atomic E-state index is 12.3. The van der Waals surface area contributed by atoms with Gasteiger partial charge >= 0.3 is 0 Å². The summed E-state index contributed by atoms with van der Waals surface area (Å²) in [5.74, 6) is 1.53. The molecule has 5 rings (SSSR count). The Labute approximate surface area is 123 Å². The Balaban J connectivity index is 1.41. The lowest BCUT2D eigenvalue weighted by Gasteiger charge is -2.50. The van der Waals surface area contributed by atoms with Crippen LogP contribution < -0.4 is 14.8 Å². The molecule has 0 aromatic heterocycles. The molecule has 4 heterocycles. The topological polar surface area (TPSA) is 50.8 Å². The molecule has 21 heavy (non-hydrogen) atoms. The molecule has 1 N–H and O–H groups in total. The minimum atomic E-state index is 0.0872. The second-order valence-corrected chi connectivity index (χ2v) is 6.13. The summed E-state index contributed by atoms with van der Waals surface area (Å²) in [6, 6.07) is 5.53. The number of piperazine rings is 3. The van der Waals surface area contributed by atoms with Crippen molar-refractivity contribution in [1.82, 2.24) is 4.90 Å². The summed E-state index contributed by atoms with van der Waals surface area (Å²) in [6.07, 6.45) is 0. The van der Waals surface area contributed by atoms with Crippen LogP contribution in [0.15, 0.2) is 18.2 Å². The van der Waals surface area contributed by atoms with E-state index in [9.17, 15) is 4.79 Å². The second kappa shape index (κ2) is 4.89. The van der Waals surface area contributed by atoms with Gasteiger partial charge in [0.25, 0.3) is 5.91 Å². The molecule has 4 aliphatic heterocycles. The van der Waals surface area contributed by atoms with Crippen LogP contribution in [0, 0.1) is 0 Å². The van der Waals surface area contributed by atoms with E-state index in [-0.39, 0.29) is 12.7 Å². The minimum Gasteiger partial charge on any atom is -0.454 e. The lowest BCUT2D eigenvalue weighted by atomic mass is 10.1. The van der Waals surface area contributed by atoms with Crippen molar-refractivity contribution >= 4 is 11.6 Å². The lowest BCUT2D eigenvalue weighted by Crippen LogP contribution is -2.68. The van der Waals surface area contributed by atoms with Crippen LogP contribution in [0.5, 0.6) is 11.5 Å². The number of nitrogens with zero attached hydrogens (tertiary/aromatic N) is 2. The van der Waals surface area contributed by atoms with Crippen molar-refractivity contribution in [3.05, 3.63) is 18.2 Å². The summed E-state index contributed by atoms with van der Waals surface area (Å²) < 4.78 is 11.5. The predicted octanol–water partition coefficient (Wildman–Crippen LogP) is 0.500. The van der Waals surface area contributed by atoms with Gasteiger partial charge in [-0.2, -0.15) is 0 Å². The summed E-state index contributed by atoms with van der Waals surface area (Å²) in [6.45, 7) is 7.47. The molecule has 0 radical (unpaired) electrons. The van der Waals surface area contributed by atoms with Crippen molar-refractivity contribution in [3.8, 4) is 11.5 Å². The molecule has 0 aliphatic carbocycles. The molecule has 2 bridgehead atoms. The highest BCUT2D eigenvalue weighted by Gasteiger charge is 2.39. The summed E-state index contributed by atoms with van der Waals surface area (Å²) in [5, 5.41) is 2.99. The van der Waals surface area contributed by atoms with E-state index in [0.29, 0.717) is 12.3 Å². The van der Waals surface area contributed by atoms with E-state index in [1.165, 1.54) is 0 Å². The van der Waals surface area contributed by atoms with E-state index < -0.39 is 0 Å². The number of quaternary nitrogens is 1. The smallest absolute Gasteiger partial charge is 0.279 e. The number of anilines is 1. The number of hydrogen-bond donors (Lipinski definition) is 1. The van der Waals surface area contributed by atoms with Crippen molar-refractivity contribution in [1.29, 1.82) is 0 Å². The zero-order valence-electron chi connectivity index (χ0n) is 12.0. The van der Waals surface area contributed by atoms with Crippen LogP contribution in [0.2, 0.25) is 0 Å². The predicted molar refractivity (Wildman–Crippen MR) is 77.4 cm³/mol. The Hall–Kier alpha value is -1.79. The highest BCUT2D eigenvalue weighted by atomic mass is 16.7. The molecule has 6 nitrogen and oxygen atoms in total. The van der Waals surface area contributed by atoms with E-state index in [1.54, 1.807) is 0 Å². The van der Waals surface area contributed by atoms with E-state index >= 15 is 0 Å². The fourth-order valence-corrected chi connectivity index (χ4v) is 3.45. The Bertz CT molecular complexity index is 554. The van der Waals surface area contributed by atoms with Gasteiger partial charge in [0.2, 0.25) is 6.79 Å². The quantitative estimate of drug-likeness (QED) is 0.824. The first kappa shape index (κ1) is 12.9. The Morgan fingerprint density at radius 1 is 1.14 bits per heavy atom. The molecule has 3 fully saturated rings. The fraction of sp³-hybridized carbons (Fsp3) is 0.533. The largest absolute Gasteiger partial charge is 0.454 e. The molecule has 0 unspecified atom stereocenters.